The topological polar surface area (TPSA) is 75.7 Å². The monoisotopic (exact) mass is 264 g/mol. The molecule has 6 nitrogen and oxygen atoms in total. The van der Waals surface area contributed by atoms with Crippen LogP contribution in [0, 0.1) is 5.92 Å². The van der Waals surface area contributed by atoms with E-state index >= 15 is 0 Å². The maximum Gasteiger partial charge on any atom is 0.248 e. The van der Waals surface area contributed by atoms with Crippen molar-refractivity contribution in [3.8, 4) is 0 Å². The van der Waals surface area contributed by atoms with E-state index in [2.05, 4.69) is 4.72 Å². The van der Waals surface area contributed by atoms with Crippen LogP contribution in [0.2, 0.25) is 0 Å². The quantitative estimate of drug-likeness (QED) is 0.721. The molecule has 0 spiro atoms. The largest absolute Gasteiger partial charge is 0.365 e. The van der Waals surface area contributed by atoms with E-state index in [1.165, 1.54) is 0 Å². The number of nitrogens with one attached hydrogen (secondary N) is 1. The molecule has 100 valence electrons. The van der Waals surface area contributed by atoms with Gasteiger partial charge in [-0.2, -0.15) is 0 Å². The predicted molar refractivity (Wildman–Crippen MR) is 64.0 cm³/mol. The van der Waals surface area contributed by atoms with Crippen molar-refractivity contribution >= 4 is 15.9 Å². The summed E-state index contributed by atoms with van der Waals surface area (Å²) in [6.07, 6.45) is -0.264. The average Bonchev–Trinajstić information content (AvgIpc) is 2.18. The highest BCUT2D eigenvalue weighted by Gasteiger charge is 2.24. The second-order valence-electron chi connectivity index (χ2n) is 4.73. The van der Waals surface area contributed by atoms with Gasteiger partial charge in [0.1, 0.15) is 6.61 Å². The van der Waals surface area contributed by atoms with Gasteiger partial charge in [0.25, 0.3) is 0 Å². The standard InChI is InChI=1S/C10H20N2O4S/c1-8(2)7-17(14,15)11-4-9-5-12(3)10(13)6-16-9/h8-9,11H,4-7H2,1-3H3. The number of amides is 1. The van der Waals surface area contributed by atoms with E-state index in [4.69, 9.17) is 4.74 Å². The van der Waals surface area contributed by atoms with Crippen molar-refractivity contribution in [1.82, 2.24) is 9.62 Å². The van der Waals surface area contributed by atoms with Crippen LogP contribution in [-0.2, 0) is 19.6 Å². The Balaban J connectivity index is 2.39. The van der Waals surface area contributed by atoms with Crippen LogP contribution in [-0.4, -0.2) is 57.8 Å². The van der Waals surface area contributed by atoms with Gasteiger partial charge in [0, 0.05) is 20.1 Å². The van der Waals surface area contributed by atoms with E-state index in [1.54, 1.807) is 11.9 Å². The summed E-state index contributed by atoms with van der Waals surface area (Å²) in [4.78, 5) is 12.7. The number of likely N-dealkylation sites (N-methyl/N-ethyl adjacent to an activating group) is 1. The summed E-state index contributed by atoms with van der Waals surface area (Å²) in [5.74, 6) is 0.115. The molecule has 1 aliphatic rings. The fraction of sp³-hybridized carbons (Fsp3) is 0.900. The van der Waals surface area contributed by atoms with Crippen molar-refractivity contribution in [1.29, 1.82) is 0 Å². The van der Waals surface area contributed by atoms with Crippen LogP contribution in [0.1, 0.15) is 13.8 Å². The minimum Gasteiger partial charge on any atom is -0.365 e. The molecule has 17 heavy (non-hydrogen) atoms. The summed E-state index contributed by atoms with van der Waals surface area (Å²) in [5, 5.41) is 0. The molecule has 7 heteroatoms. The normalized spacial score (nSPS) is 22.2. The third-order valence-corrected chi connectivity index (χ3v) is 4.14. The molecule has 0 saturated carbocycles. The van der Waals surface area contributed by atoms with Crippen molar-refractivity contribution in [2.75, 3.05) is 32.5 Å². The molecule has 1 unspecified atom stereocenters. The van der Waals surface area contributed by atoms with Gasteiger partial charge in [-0.1, -0.05) is 13.8 Å². The van der Waals surface area contributed by atoms with Gasteiger partial charge >= 0.3 is 0 Å². The van der Waals surface area contributed by atoms with Gasteiger partial charge in [-0.3, -0.25) is 4.79 Å². The summed E-state index contributed by atoms with van der Waals surface area (Å²) < 4.78 is 30.9. The number of nitrogens with zero attached hydrogens (tertiary/aromatic N) is 1. The minimum absolute atomic E-state index is 0.0209. The zero-order valence-electron chi connectivity index (χ0n) is 10.5. The maximum absolute atomic E-state index is 11.6. The van der Waals surface area contributed by atoms with E-state index < -0.39 is 10.0 Å². The molecule has 1 rings (SSSR count). The lowest BCUT2D eigenvalue weighted by Gasteiger charge is -2.29. The van der Waals surface area contributed by atoms with Crippen LogP contribution < -0.4 is 4.72 Å². The minimum atomic E-state index is -3.24. The number of morpholine rings is 1. The summed E-state index contributed by atoms with van der Waals surface area (Å²) >= 11 is 0. The summed E-state index contributed by atoms with van der Waals surface area (Å²) in [6, 6.07) is 0. The Morgan fingerprint density at radius 1 is 1.53 bits per heavy atom. The predicted octanol–water partition coefficient (Wildman–Crippen LogP) is -0.581. The van der Waals surface area contributed by atoms with E-state index in [9.17, 15) is 13.2 Å². The molecule has 0 bridgehead atoms. The van der Waals surface area contributed by atoms with E-state index in [0.717, 1.165) is 0 Å². The first-order valence-corrected chi connectivity index (χ1v) is 7.28. The lowest BCUT2D eigenvalue weighted by molar-refractivity contribution is -0.146. The number of carbonyl (C=O) groups is 1. The molecule has 1 heterocycles. The fourth-order valence-corrected chi connectivity index (χ4v) is 3.04. The second-order valence-corrected chi connectivity index (χ2v) is 6.58. The Morgan fingerprint density at radius 2 is 2.18 bits per heavy atom. The summed E-state index contributed by atoms with van der Waals surface area (Å²) in [6.45, 7) is 4.36. The molecular formula is C10H20N2O4S. The number of hydrogen-bond acceptors (Lipinski definition) is 4. The molecular weight excluding hydrogens is 244 g/mol. The van der Waals surface area contributed by atoms with Crippen LogP contribution in [0.4, 0.5) is 0 Å². The van der Waals surface area contributed by atoms with Gasteiger partial charge in [0.15, 0.2) is 0 Å². The first-order valence-electron chi connectivity index (χ1n) is 5.63. The van der Waals surface area contributed by atoms with Crippen LogP contribution >= 0.6 is 0 Å². The van der Waals surface area contributed by atoms with Crippen LogP contribution in [0.25, 0.3) is 0 Å². The van der Waals surface area contributed by atoms with E-state index in [1.807, 2.05) is 13.8 Å². The highest BCUT2D eigenvalue weighted by atomic mass is 32.2. The van der Waals surface area contributed by atoms with Crippen LogP contribution in [0.5, 0.6) is 0 Å². The summed E-state index contributed by atoms with van der Waals surface area (Å²) in [5.41, 5.74) is 0. The Labute approximate surface area is 102 Å². The highest BCUT2D eigenvalue weighted by molar-refractivity contribution is 7.89. The highest BCUT2D eigenvalue weighted by Crippen LogP contribution is 2.04. The fourth-order valence-electron chi connectivity index (χ4n) is 1.60. The molecule has 1 saturated heterocycles. The van der Waals surface area contributed by atoms with Crippen molar-refractivity contribution in [2.45, 2.75) is 20.0 Å². The molecule has 0 aliphatic carbocycles. The van der Waals surface area contributed by atoms with E-state index in [0.29, 0.717) is 6.54 Å². The average molecular weight is 264 g/mol. The van der Waals surface area contributed by atoms with Gasteiger partial charge in [-0.15, -0.1) is 0 Å². The molecule has 0 aromatic rings. The smallest absolute Gasteiger partial charge is 0.248 e. The molecule has 1 N–H and O–H groups in total. The maximum atomic E-state index is 11.6. The molecule has 0 radical (unpaired) electrons. The van der Waals surface area contributed by atoms with Crippen molar-refractivity contribution in [3.63, 3.8) is 0 Å². The van der Waals surface area contributed by atoms with Crippen molar-refractivity contribution < 1.29 is 17.9 Å². The van der Waals surface area contributed by atoms with Gasteiger partial charge in [0.05, 0.1) is 11.9 Å². The van der Waals surface area contributed by atoms with Gasteiger partial charge < -0.3 is 9.64 Å². The first-order chi connectivity index (χ1) is 7.80. The first kappa shape index (κ1) is 14.4. The Hall–Kier alpha value is -0.660. The van der Waals surface area contributed by atoms with Gasteiger partial charge in [0.2, 0.25) is 15.9 Å². The molecule has 1 aliphatic heterocycles. The Kier molecular flexibility index (Phi) is 4.91. The summed E-state index contributed by atoms with van der Waals surface area (Å²) in [7, 11) is -1.56. The zero-order valence-corrected chi connectivity index (χ0v) is 11.3. The number of ether oxygens (including phenoxy) is 1. The molecule has 1 amide bonds. The molecule has 1 atom stereocenters. The van der Waals surface area contributed by atoms with E-state index in [-0.39, 0.29) is 36.8 Å². The van der Waals surface area contributed by atoms with Crippen LogP contribution in [0.15, 0.2) is 0 Å². The third kappa shape index (κ3) is 5.01. The molecule has 0 aromatic heterocycles. The lowest BCUT2D eigenvalue weighted by atomic mass is 10.3. The van der Waals surface area contributed by atoms with Gasteiger partial charge in [-0.25, -0.2) is 13.1 Å². The SMILES string of the molecule is CC(C)CS(=O)(=O)NCC1CN(C)C(=O)CO1. The number of carbonyl (C=O) groups excluding carboxylic acids is 1. The number of rotatable bonds is 5. The lowest BCUT2D eigenvalue weighted by Crippen LogP contribution is -2.49. The van der Waals surface area contributed by atoms with Gasteiger partial charge in [-0.05, 0) is 5.92 Å². The zero-order chi connectivity index (χ0) is 13.1. The number of sulfonamides is 1. The van der Waals surface area contributed by atoms with Crippen LogP contribution in [0.3, 0.4) is 0 Å². The van der Waals surface area contributed by atoms with Crippen molar-refractivity contribution in [3.05, 3.63) is 0 Å². The molecule has 1 fully saturated rings. The second kappa shape index (κ2) is 5.79. The molecule has 0 aromatic carbocycles. The number of hydrogen-bond donors (Lipinski definition) is 1. The Bertz CT molecular complexity index is 367. The third-order valence-electron chi connectivity index (χ3n) is 2.43. The van der Waals surface area contributed by atoms with Crippen molar-refractivity contribution in [2.24, 2.45) is 5.92 Å². The Morgan fingerprint density at radius 3 is 2.71 bits per heavy atom.